The van der Waals surface area contributed by atoms with Crippen molar-refractivity contribution in [2.24, 2.45) is 0 Å². The van der Waals surface area contributed by atoms with Gasteiger partial charge in [0.2, 0.25) is 0 Å². The fraction of sp³-hybridized carbons (Fsp3) is 0.100. The Morgan fingerprint density at radius 3 is 2.24 bits per heavy atom. The highest BCUT2D eigenvalue weighted by Crippen LogP contribution is 2.41. The smallest absolute Gasteiger partial charge is 0.383 e. The van der Waals surface area contributed by atoms with E-state index in [0.717, 1.165) is 34.6 Å². The maximum Gasteiger partial charge on any atom is 0.417 e. The standard InChI is InChI=1S/C20H10Cl2F6N4S/c21-10-2-1-3-11(7-10)33-15-8-12(20(26,27)28)16-17(29)32(31-18(16)30-15)14-5-4-9(6-13(14)22)19(23,24)25/h1-8H,29H2. The minimum Gasteiger partial charge on any atom is -0.383 e. The molecule has 0 saturated heterocycles. The van der Waals surface area contributed by atoms with Gasteiger partial charge in [0, 0.05) is 9.92 Å². The molecule has 33 heavy (non-hydrogen) atoms. The lowest BCUT2D eigenvalue weighted by Gasteiger charge is -2.12. The first kappa shape index (κ1) is 23.5. The first-order chi connectivity index (χ1) is 15.3. The zero-order chi connectivity index (χ0) is 24.1. The summed E-state index contributed by atoms with van der Waals surface area (Å²) in [5, 5.41) is 3.48. The van der Waals surface area contributed by atoms with Crippen LogP contribution in [0.1, 0.15) is 11.1 Å². The molecule has 0 radical (unpaired) electrons. The normalized spacial score (nSPS) is 12.5. The summed E-state index contributed by atoms with van der Waals surface area (Å²) in [6, 6.07) is 9.61. The fourth-order valence-corrected chi connectivity index (χ4v) is 4.45. The van der Waals surface area contributed by atoms with Crippen LogP contribution in [-0.4, -0.2) is 14.8 Å². The molecule has 0 aliphatic rings. The topological polar surface area (TPSA) is 56.7 Å². The number of benzene rings is 2. The number of nitrogen functional groups attached to an aromatic ring is 1. The zero-order valence-corrected chi connectivity index (χ0v) is 18.3. The summed E-state index contributed by atoms with van der Waals surface area (Å²) in [4.78, 5) is 4.69. The van der Waals surface area contributed by atoms with Crippen LogP contribution in [0.3, 0.4) is 0 Å². The Kier molecular flexibility index (Phi) is 5.92. The molecule has 2 aromatic heterocycles. The predicted octanol–water partition coefficient (Wildman–Crippen LogP) is 7.50. The summed E-state index contributed by atoms with van der Waals surface area (Å²) in [5.41, 5.74) is 3.35. The molecule has 0 aliphatic heterocycles. The second kappa shape index (κ2) is 8.30. The van der Waals surface area contributed by atoms with E-state index in [1.165, 1.54) is 0 Å². The lowest BCUT2D eigenvalue weighted by Crippen LogP contribution is -2.09. The number of hydrogen-bond donors (Lipinski definition) is 1. The van der Waals surface area contributed by atoms with E-state index < -0.39 is 39.7 Å². The summed E-state index contributed by atoms with van der Waals surface area (Å²) in [6.07, 6.45) is -9.46. The van der Waals surface area contributed by atoms with E-state index in [-0.39, 0.29) is 16.4 Å². The van der Waals surface area contributed by atoms with Gasteiger partial charge in [-0.2, -0.15) is 26.3 Å². The van der Waals surface area contributed by atoms with Gasteiger partial charge in [0.05, 0.1) is 27.2 Å². The van der Waals surface area contributed by atoms with E-state index in [0.29, 0.717) is 16.0 Å². The minimum absolute atomic E-state index is 0.0275. The van der Waals surface area contributed by atoms with Crippen molar-refractivity contribution in [1.29, 1.82) is 0 Å². The third-order valence-corrected chi connectivity index (χ3v) is 5.93. The van der Waals surface area contributed by atoms with Crippen LogP contribution in [0.15, 0.2) is 58.5 Å². The molecule has 0 fully saturated rings. The van der Waals surface area contributed by atoms with Gasteiger partial charge in [0.25, 0.3) is 0 Å². The van der Waals surface area contributed by atoms with Crippen molar-refractivity contribution in [3.63, 3.8) is 0 Å². The first-order valence-corrected chi connectivity index (χ1v) is 10.5. The SMILES string of the molecule is Nc1c2c(C(F)(F)F)cc(Sc3cccc(Cl)c3)nc2nn1-c1ccc(C(F)(F)F)cc1Cl. The van der Waals surface area contributed by atoms with Crippen molar-refractivity contribution in [2.45, 2.75) is 22.3 Å². The van der Waals surface area contributed by atoms with E-state index >= 15 is 0 Å². The quantitative estimate of drug-likeness (QED) is 0.283. The number of anilines is 1. The van der Waals surface area contributed by atoms with Gasteiger partial charge in [-0.25, -0.2) is 9.67 Å². The molecule has 0 spiro atoms. The minimum atomic E-state index is -4.81. The lowest BCUT2D eigenvalue weighted by atomic mass is 10.1. The van der Waals surface area contributed by atoms with Gasteiger partial charge in [-0.15, -0.1) is 5.10 Å². The Morgan fingerprint density at radius 2 is 1.64 bits per heavy atom. The molecule has 2 heterocycles. The molecule has 0 unspecified atom stereocenters. The molecule has 4 nitrogen and oxygen atoms in total. The lowest BCUT2D eigenvalue weighted by molar-refractivity contribution is -0.138. The van der Waals surface area contributed by atoms with Gasteiger partial charge < -0.3 is 5.73 Å². The fourth-order valence-electron chi connectivity index (χ4n) is 3.05. The third kappa shape index (κ3) is 4.71. The zero-order valence-electron chi connectivity index (χ0n) is 16.0. The van der Waals surface area contributed by atoms with Crippen molar-refractivity contribution in [2.75, 3.05) is 5.73 Å². The average Bonchev–Trinajstić information content (AvgIpc) is 3.02. The molecule has 4 rings (SSSR count). The molecule has 2 N–H and O–H groups in total. The highest BCUT2D eigenvalue weighted by molar-refractivity contribution is 7.99. The van der Waals surface area contributed by atoms with Crippen LogP contribution in [0.5, 0.6) is 0 Å². The van der Waals surface area contributed by atoms with Crippen LogP contribution in [0.4, 0.5) is 32.2 Å². The molecule has 0 atom stereocenters. The van der Waals surface area contributed by atoms with Crippen molar-refractivity contribution < 1.29 is 26.3 Å². The molecule has 172 valence electrons. The van der Waals surface area contributed by atoms with Gasteiger partial charge in [-0.05, 0) is 42.5 Å². The molecular weight excluding hydrogens is 513 g/mol. The molecular formula is C20H10Cl2F6N4S. The summed E-state index contributed by atoms with van der Waals surface area (Å²) in [6.45, 7) is 0. The molecule has 0 aliphatic carbocycles. The Hall–Kier alpha value is -2.63. The van der Waals surface area contributed by atoms with Crippen LogP contribution in [0, 0.1) is 0 Å². The van der Waals surface area contributed by atoms with Gasteiger partial charge in [-0.3, -0.25) is 0 Å². The second-order valence-corrected chi connectivity index (χ2v) is 8.66. The molecule has 0 bridgehead atoms. The number of alkyl halides is 6. The number of pyridine rings is 1. The number of halogens is 8. The third-order valence-electron chi connectivity index (χ3n) is 4.48. The maximum absolute atomic E-state index is 13.9. The van der Waals surface area contributed by atoms with Gasteiger partial charge in [0.15, 0.2) is 5.65 Å². The molecule has 13 heteroatoms. The van der Waals surface area contributed by atoms with Crippen molar-refractivity contribution in [3.8, 4) is 5.69 Å². The van der Waals surface area contributed by atoms with E-state index in [1.54, 1.807) is 24.3 Å². The Bertz CT molecular complexity index is 1370. The van der Waals surface area contributed by atoms with Crippen LogP contribution >= 0.6 is 35.0 Å². The van der Waals surface area contributed by atoms with E-state index in [2.05, 4.69) is 10.1 Å². The van der Waals surface area contributed by atoms with Gasteiger partial charge >= 0.3 is 12.4 Å². The highest BCUT2D eigenvalue weighted by atomic mass is 35.5. The molecule has 0 saturated carbocycles. The van der Waals surface area contributed by atoms with Crippen LogP contribution < -0.4 is 5.73 Å². The number of aromatic nitrogens is 3. The Labute approximate surface area is 196 Å². The summed E-state index contributed by atoms with van der Waals surface area (Å²) in [5.74, 6) is -0.467. The second-order valence-electron chi connectivity index (χ2n) is 6.72. The average molecular weight is 523 g/mol. The summed E-state index contributed by atoms with van der Waals surface area (Å²) in [7, 11) is 0. The van der Waals surface area contributed by atoms with Crippen molar-refractivity contribution in [1.82, 2.24) is 14.8 Å². The highest BCUT2D eigenvalue weighted by Gasteiger charge is 2.36. The Balaban J connectivity index is 1.88. The summed E-state index contributed by atoms with van der Waals surface area (Å²) < 4.78 is 81.2. The van der Waals surface area contributed by atoms with E-state index in [1.807, 2.05) is 0 Å². The predicted molar refractivity (Wildman–Crippen MR) is 114 cm³/mol. The van der Waals surface area contributed by atoms with Crippen molar-refractivity contribution >= 4 is 51.8 Å². The monoisotopic (exact) mass is 522 g/mol. The Morgan fingerprint density at radius 1 is 0.909 bits per heavy atom. The molecule has 2 aromatic carbocycles. The largest absolute Gasteiger partial charge is 0.417 e. The number of hydrogen-bond acceptors (Lipinski definition) is 4. The number of rotatable bonds is 3. The number of nitrogens with two attached hydrogens (primary N) is 1. The molecule has 4 aromatic rings. The summed E-state index contributed by atoms with van der Waals surface area (Å²) >= 11 is 12.8. The van der Waals surface area contributed by atoms with Crippen LogP contribution in [0.2, 0.25) is 10.0 Å². The van der Waals surface area contributed by atoms with Crippen molar-refractivity contribution in [3.05, 3.63) is 69.7 Å². The maximum atomic E-state index is 13.9. The van der Waals surface area contributed by atoms with E-state index in [9.17, 15) is 26.3 Å². The molecule has 0 amide bonds. The van der Waals surface area contributed by atoms with Gasteiger partial charge in [0.1, 0.15) is 10.8 Å². The first-order valence-electron chi connectivity index (χ1n) is 8.91. The van der Waals surface area contributed by atoms with Crippen LogP contribution in [0.25, 0.3) is 16.7 Å². The number of nitrogens with zero attached hydrogens (tertiary/aromatic N) is 3. The van der Waals surface area contributed by atoms with Crippen LogP contribution in [-0.2, 0) is 12.4 Å². The number of fused-ring (bicyclic) bond motifs is 1. The van der Waals surface area contributed by atoms with E-state index in [4.69, 9.17) is 28.9 Å². The van der Waals surface area contributed by atoms with Gasteiger partial charge in [-0.1, -0.05) is 41.0 Å².